The molecule has 1 aliphatic rings. The Morgan fingerprint density at radius 3 is 3.05 bits per heavy atom. The zero-order valence-electron chi connectivity index (χ0n) is 10.4. The van der Waals surface area contributed by atoms with E-state index in [9.17, 15) is 19.3 Å². The van der Waals surface area contributed by atoms with E-state index < -0.39 is 23.2 Å². The van der Waals surface area contributed by atoms with Crippen LogP contribution in [-0.2, 0) is 0 Å². The predicted molar refractivity (Wildman–Crippen MR) is 67.6 cm³/mol. The van der Waals surface area contributed by atoms with Crippen molar-refractivity contribution in [2.45, 2.75) is 18.6 Å². The number of anilines is 1. The summed E-state index contributed by atoms with van der Waals surface area (Å²) in [6.07, 6.45) is 0.0108. The number of nitrogens with zero attached hydrogens (tertiary/aromatic N) is 3. The second kappa shape index (κ2) is 5.68. The molecule has 1 unspecified atom stereocenters. The number of carboxylic acid groups (broad SMARTS) is 1. The van der Waals surface area contributed by atoms with Gasteiger partial charge in [0.1, 0.15) is 18.1 Å². The topological polar surface area (TPSA) is 109 Å². The van der Waals surface area contributed by atoms with Crippen molar-refractivity contribution in [1.29, 1.82) is 0 Å². The molecule has 2 heterocycles. The summed E-state index contributed by atoms with van der Waals surface area (Å²) in [6.45, 7) is 0.322. The third-order valence-electron chi connectivity index (χ3n) is 3.15. The van der Waals surface area contributed by atoms with Gasteiger partial charge in [-0.15, -0.1) is 0 Å². The van der Waals surface area contributed by atoms with Crippen LogP contribution in [0.25, 0.3) is 0 Å². The number of piperidine rings is 1. The first kappa shape index (κ1) is 14.0. The Kier molecular flexibility index (Phi) is 3.97. The molecule has 0 saturated carbocycles. The molecule has 9 heteroatoms. The molecule has 1 fully saturated rings. The SMILES string of the molecule is O=C(O)NC1CN(c2ccncc2[N+](=O)[O-])CC[C@@H]1F. The van der Waals surface area contributed by atoms with Gasteiger partial charge in [0.25, 0.3) is 0 Å². The molecular weight excluding hydrogens is 271 g/mol. The summed E-state index contributed by atoms with van der Waals surface area (Å²) in [5.41, 5.74) is 0.132. The smallest absolute Gasteiger partial charge is 0.405 e. The molecule has 8 nitrogen and oxygen atoms in total. The van der Waals surface area contributed by atoms with Crippen LogP contribution in [0.4, 0.5) is 20.6 Å². The van der Waals surface area contributed by atoms with Crippen molar-refractivity contribution in [2.24, 2.45) is 0 Å². The Morgan fingerprint density at radius 2 is 2.40 bits per heavy atom. The van der Waals surface area contributed by atoms with E-state index in [0.717, 1.165) is 6.20 Å². The highest BCUT2D eigenvalue weighted by molar-refractivity contribution is 5.66. The predicted octanol–water partition coefficient (Wildman–Crippen LogP) is 1.17. The summed E-state index contributed by atoms with van der Waals surface area (Å²) in [5.74, 6) is 0. The van der Waals surface area contributed by atoms with Crippen LogP contribution in [0.3, 0.4) is 0 Å². The van der Waals surface area contributed by atoms with Gasteiger partial charge >= 0.3 is 11.8 Å². The first-order valence-electron chi connectivity index (χ1n) is 5.96. The minimum atomic E-state index is -1.32. The Morgan fingerprint density at radius 1 is 1.65 bits per heavy atom. The van der Waals surface area contributed by atoms with Crippen LogP contribution in [0.5, 0.6) is 0 Å². The van der Waals surface area contributed by atoms with Crippen LogP contribution in [0.2, 0.25) is 0 Å². The maximum absolute atomic E-state index is 13.7. The highest BCUT2D eigenvalue weighted by Gasteiger charge is 2.32. The van der Waals surface area contributed by atoms with Crippen LogP contribution >= 0.6 is 0 Å². The average Bonchev–Trinajstić information content (AvgIpc) is 2.40. The number of amides is 1. The van der Waals surface area contributed by atoms with E-state index in [1.165, 1.54) is 12.3 Å². The third kappa shape index (κ3) is 2.92. The number of alkyl halides is 1. The number of rotatable bonds is 3. The van der Waals surface area contributed by atoms with Crippen LogP contribution < -0.4 is 10.2 Å². The largest absolute Gasteiger partial charge is 0.465 e. The maximum atomic E-state index is 13.7. The number of pyridine rings is 1. The Balaban J connectivity index is 2.21. The van der Waals surface area contributed by atoms with Gasteiger partial charge in [-0.3, -0.25) is 15.1 Å². The Hall–Kier alpha value is -2.45. The van der Waals surface area contributed by atoms with Gasteiger partial charge in [0.15, 0.2) is 0 Å². The van der Waals surface area contributed by atoms with Gasteiger partial charge in [-0.1, -0.05) is 0 Å². The number of carbonyl (C=O) groups is 1. The molecule has 2 N–H and O–H groups in total. The van der Waals surface area contributed by atoms with Crippen molar-refractivity contribution in [2.75, 3.05) is 18.0 Å². The summed E-state index contributed by atoms with van der Waals surface area (Å²) >= 11 is 0. The van der Waals surface area contributed by atoms with E-state index in [1.807, 2.05) is 0 Å². The van der Waals surface area contributed by atoms with E-state index in [-0.39, 0.29) is 25.2 Å². The minimum Gasteiger partial charge on any atom is -0.465 e. The second-order valence-corrected chi connectivity index (χ2v) is 4.43. The molecule has 0 aliphatic carbocycles. The quantitative estimate of drug-likeness (QED) is 0.637. The molecule has 2 rings (SSSR count). The monoisotopic (exact) mass is 284 g/mol. The third-order valence-corrected chi connectivity index (χ3v) is 3.15. The zero-order chi connectivity index (χ0) is 14.7. The van der Waals surface area contributed by atoms with Crippen molar-refractivity contribution in [3.63, 3.8) is 0 Å². The number of halogens is 1. The number of aromatic nitrogens is 1. The lowest BCUT2D eigenvalue weighted by molar-refractivity contribution is -0.384. The van der Waals surface area contributed by atoms with Crippen molar-refractivity contribution in [3.8, 4) is 0 Å². The fourth-order valence-electron chi connectivity index (χ4n) is 2.22. The Labute approximate surface area is 113 Å². The molecule has 2 atom stereocenters. The van der Waals surface area contributed by atoms with Crippen molar-refractivity contribution >= 4 is 17.5 Å². The molecule has 20 heavy (non-hydrogen) atoms. The molecule has 1 saturated heterocycles. The zero-order valence-corrected chi connectivity index (χ0v) is 10.4. The van der Waals surface area contributed by atoms with Crippen LogP contribution in [0.1, 0.15) is 6.42 Å². The number of hydrogen-bond acceptors (Lipinski definition) is 5. The van der Waals surface area contributed by atoms with Gasteiger partial charge in [-0.2, -0.15) is 0 Å². The fraction of sp³-hybridized carbons (Fsp3) is 0.455. The number of nitro groups is 1. The molecule has 0 spiro atoms. The fourth-order valence-corrected chi connectivity index (χ4v) is 2.22. The van der Waals surface area contributed by atoms with Gasteiger partial charge < -0.3 is 15.3 Å². The van der Waals surface area contributed by atoms with E-state index in [2.05, 4.69) is 10.3 Å². The molecule has 1 aromatic rings. The molecule has 0 aromatic carbocycles. The van der Waals surface area contributed by atoms with Crippen molar-refractivity contribution in [3.05, 3.63) is 28.6 Å². The van der Waals surface area contributed by atoms with E-state index in [0.29, 0.717) is 5.69 Å². The second-order valence-electron chi connectivity index (χ2n) is 4.43. The van der Waals surface area contributed by atoms with E-state index in [1.54, 1.807) is 4.90 Å². The Bertz CT molecular complexity index is 527. The van der Waals surface area contributed by atoms with E-state index >= 15 is 0 Å². The van der Waals surface area contributed by atoms with Crippen molar-refractivity contribution in [1.82, 2.24) is 10.3 Å². The molecule has 1 amide bonds. The van der Waals surface area contributed by atoms with Gasteiger partial charge in [0.2, 0.25) is 0 Å². The lowest BCUT2D eigenvalue weighted by Gasteiger charge is -2.35. The highest BCUT2D eigenvalue weighted by atomic mass is 19.1. The van der Waals surface area contributed by atoms with Gasteiger partial charge in [-0.25, -0.2) is 9.18 Å². The van der Waals surface area contributed by atoms with E-state index in [4.69, 9.17) is 5.11 Å². The molecule has 0 bridgehead atoms. The summed E-state index contributed by atoms with van der Waals surface area (Å²) in [6, 6.07) is 0.558. The summed E-state index contributed by atoms with van der Waals surface area (Å²) in [5, 5.41) is 21.7. The first-order chi connectivity index (χ1) is 9.49. The van der Waals surface area contributed by atoms with Crippen molar-refractivity contribution < 1.29 is 19.2 Å². The van der Waals surface area contributed by atoms with Gasteiger partial charge in [-0.05, 0) is 12.5 Å². The van der Waals surface area contributed by atoms with Crippen LogP contribution in [-0.4, -0.2) is 46.4 Å². The normalized spacial score (nSPS) is 22.4. The lowest BCUT2D eigenvalue weighted by Crippen LogP contribution is -2.53. The van der Waals surface area contributed by atoms with Gasteiger partial charge in [0.05, 0.1) is 11.0 Å². The molecule has 1 aromatic heterocycles. The maximum Gasteiger partial charge on any atom is 0.405 e. The lowest BCUT2D eigenvalue weighted by atomic mass is 10.0. The highest BCUT2D eigenvalue weighted by Crippen LogP contribution is 2.29. The van der Waals surface area contributed by atoms with Crippen LogP contribution in [0.15, 0.2) is 18.5 Å². The number of hydrogen-bond donors (Lipinski definition) is 2. The summed E-state index contributed by atoms with van der Waals surface area (Å²) < 4.78 is 13.7. The average molecular weight is 284 g/mol. The molecule has 1 aliphatic heterocycles. The molecular formula is C11H13FN4O4. The van der Waals surface area contributed by atoms with Crippen LogP contribution in [0, 0.1) is 10.1 Å². The summed E-state index contributed by atoms with van der Waals surface area (Å²) in [7, 11) is 0. The molecule has 108 valence electrons. The number of nitrogens with one attached hydrogen (secondary N) is 1. The summed E-state index contributed by atoms with van der Waals surface area (Å²) in [4.78, 5) is 26.3. The standard InChI is InChI=1S/C11H13FN4O4/c12-7-2-4-15(6-8(7)14-11(17)18)9-1-3-13-5-10(9)16(19)20/h1,3,5,7-8,14H,2,4,6H2,(H,17,18)/t7-,8?/m0/s1. The van der Waals surface area contributed by atoms with Gasteiger partial charge in [0, 0.05) is 19.3 Å². The first-order valence-corrected chi connectivity index (χ1v) is 5.96. The molecule has 0 radical (unpaired) electrons. The minimum absolute atomic E-state index is 0.0400.